The molecule has 0 radical (unpaired) electrons. The number of hydrogen-bond donors (Lipinski definition) is 1. The first-order valence-corrected chi connectivity index (χ1v) is 9.42. The minimum Gasteiger partial charge on any atom is -0.455 e. The summed E-state index contributed by atoms with van der Waals surface area (Å²) in [7, 11) is -4.45. The van der Waals surface area contributed by atoms with Crippen molar-refractivity contribution in [1.29, 1.82) is 5.26 Å². The lowest BCUT2D eigenvalue weighted by Gasteiger charge is -2.20. The molecule has 1 N–H and O–H groups in total. The number of pyridine rings is 1. The van der Waals surface area contributed by atoms with E-state index in [9.17, 15) is 31.3 Å². The number of aliphatic hydroxyl groups excluding tert-OH is 1. The molecular formula is C17H12F5N3O3S. The third kappa shape index (κ3) is 3.40. The number of rotatable bonds is 3. The highest BCUT2D eigenvalue weighted by atomic mass is 32.2. The highest BCUT2D eigenvalue weighted by Gasteiger charge is 2.53. The summed E-state index contributed by atoms with van der Waals surface area (Å²) in [4.78, 5) is 2.70. The van der Waals surface area contributed by atoms with E-state index in [4.69, 9.17) is 10.00 Å². The van der Waals surface area contributed by atoms with Gasteiger partial charge in [-0.05, 0) is 12.1 Å². The van der Waals surface area contributed by atoms with Gasteiger partial charge in [-0.2, -0.15) is 18.4 Å². The monoisotopic (exact) mass is 433 g/mol. The average molecular weight is 433 g/mol. The van der Waals surface area contributed by atoms with E-state index in [1.54, 1.807) is 6.07 Å². The lowest BCUT2D eigenvalue weighted by molar-refractivity contribution is -0.0978. The van der Waals surface area contributed by atoms with Gasteiger partial charge in [0.15, 0.2) is 9.73 Å². The van der Waals surface area contributed by atoms with Gasteiger partial charge in [-0.1, -0.05) is 0 Å². The number of ether oxygens (including phenoxy) is 1. The van der Waals surface area contributed by atoms with Crippen molar-refractivity contribution in [1.82, 2.24) is 4.98 Å². The SMILES string of the molecule is CN=S(=O)(c1ccc(Oc2cncc(C#N)c2)c2c1[C@H](O)C(F)(F)C2)C(F)(F)F. The lowest BCUT2D eigenvalue weighted by Crippen LogP contribution is -2.26. The van der Waals surface area contributed by atoms with E-state index < -0.39 is 49.7 Å². The first-order valence-electron chi connectivity index (χ1n) is 7.91. The van der Waals surface area contributed by atoms with Gasteiger partial charge in [0.05, 0.1) is 16.7 Å². The van der Waals surface area contributed by atoms with Crippen LogP contribution in [0, 0.1) is 11.3 Å². The highest BCUT2D eigenvalue weighted by Crippen LogP contribution is 2.51. The fourth-order valence-electron chi connectivity index (χ4n) is 2.98. The molecule has 0 aliphatic heterocycles. The Morgan fingerprint density at radius 3 is 2.66 bits per heavy atom. The number of halogens is 5. The predicted octanol–water partition coefficient (Wildman–Crippen LogP) is 3.95. The van der Waals surface area contributed by atoms with Crippen LogP contribution in [0.4, 0.5) is 22.0 Å². The zero-order chi connectivity index (χ0) is 21.6. The number of fused-ring (bicyclic) bond motifs is 1. The molecule has 1 aliphatic rings. The summed E-state index contributed by atoms with van der Waals surface area (Å²) in [6.07, 6.45) is -1.36. The number of nitriles is 1. The lowest BCUT2D eigenvalue weighted by atomic mass is 10.1. The minimum absolute atomic E-state index is 0.0274. The number of hydrogen-bond acceptors (Lipinski definition) is 6. The van der Waals surface area contributed by atoms with Crippen LogP contribution >= 0.6 is 0 Å². The number of aliphatic hydroxyl groups is 1. The molecule has 1 aromatic heterocycles. The van der Waals surface area contributed by atoms with Gasteiger partial charge in [0.1, 0.15) is 23.7 Å². The fourth-order valence-corrected chi connectivity index (χ4v) is 4.41. The standard InChI is InChI=1S/C17H12F5N3O3S/c1-24-29(27,17(20,21)22)13-3-2-12(11-5-16(18,19)15(26)14(11)13)28-10-4-9(6-23)7-25-8-10/h2-4,7-8,15,26H,5H2,1H3/t15-,29?/m0/s1. The van der Waals surface area contributed by atoms with Crippen LogP contribution in [0.3, 0.4) is 0 Å². The summed E-state index contributed by atoms with van der Waals surface area (Å²) in [6, 6.07) is 4.69. The van der Waals surface area contributed by atoms with Crippen LogP contribution in [0.25, 0.3) is 0 Å². The molecule has 29 heavy (non-hydrogen) atoms. The molecular weight excluding hydrogens is 421 g/mol. The van der Waals surface area contributed by atoms with Crippen LogP contribution in [0.1, 0.15) is 22.8 Å². The summed E-state index contributed by atoms with van der Waals surface area (Å²) in [5.41, 5.74) is -6.50. The van der Waals surface area contributed by atoms with Crippen LogP contribution < -0.4 is 4.74 Å². The minimum atomic E-state index is -5.35. The van der Waals surface area contributed by atoms with Gasteiger partial charge in [-0.3, -0.25) is 4.98 Å². The van der Waals surface area contributed by atoms with Crippen molar-refractivity contribution in [2.45, 2.75) is 28.9 Å². The van der Waals surface area contributed by atoms with E-state index in [0.29, 0.717) is 13.1 Å². The van der Waals surface area contributed by atoms with Crippen molar-refractivity contribution in [2.24, 2.45) is 4.36 Å². The Morgan fingerprint density at radius 1 is 1.38 bits per heavy atom. The summed E-state index contributed by atoms with van der Waals surface area (Å²) in [5.74, 6) is -4.11. The summed E-state index contributed by atoms with van der Waals surface area (Å²) < 4.78 is 89.4. The number of benzene rings is 1. The maximum Gasteiger partial charge on any atom is 0.483 e. The van der Waals surface area contributed by atoms with Gasteiger partial charge in [0.2, 0.25) is 0 Å². The summed E-state index contributed by atoms with van der Waals surface area (Å²) >= 11 is 0. The van der Waals surface area contributed by atoms with Gasteiger partial charge in [0.25, 0.3) is 5.92 Å². The molecule has 0 spiro atoms. The van der Waals surface area contributed by atoms with Gasteiger partial charge >= 0.3 is 5.51 Å². The third-order valence-electron chi connectivity index (χ3n) is 4.30. The summed E-state index contributed by atoms with van der Waals surface area (Å²) in [5, 5.41) is 18.9. The van der Waals surface area contributed by atoms with Gasteiger partial charge < -0.3 is 9.84 Å². The van der Waals surface area contributed by atoms with Crippen molar-refractivity contribution >= 4 is 9.73 Å². The quantitative estimate of drug-likeness (QED) is 0.740. The largest absolute Gasteiger partial charge is 0.483 e. The molecule has 0 bridgehead atoms. The van der Waals surface area contributed by atoms with E-state index in [2.05, 4.69) is 9.35 Å². The molecule has 0 fully saturated rings. The number of alkyl halides is 5. The van der Waals surface area contributed by atoms with Crippen molar-refractivity contribution < 1.29 is 36.0 Å². The topological polar surface area (TPSA) is 95.6 Å². The zero-order valence-corrected chi connectivity index (χ0v) is 15.4. The Balaban J connectivity index is 2.22. The van der Waals surface area contributed by atoms with Crippen molar-refractivity contribution in [3.63, 3.8) is 0 Å². The number of aromatic nitrogens is 1. The van der Waals surface area contributed by atoms with Gasteiger partial charge in [0, 0.05) is 36.9 Å². The van der Waals surface area contributed by atoms with Crippen molar-refractivity contribution in [3.8, 4) is 17.6 Å². The van der Waals surface area contributed by atoms with Crippen LogP contribution in [0.15, 0.2) is 39.9 Å². The molecule has 0 saturated carbocycles. The van der Waals surface area contributed by atoms with Gasteiger partial charge in [-0.15, -0.1) is 0 Å². The smallest absolute Gasteiger partial charge is 0.455 e. The maximum atomic E-state index is 14.2. The van der Waals surface area contributed by atoms with Crippen LogP contribution in [0.5, 0.6) is 11.5 Å². The first-order chi connectivity index (χ1) is 13.4. The summed E-state index contributed by atoms with van der Waals surface area (Å²) in [6.45, 7) is 0. The Hall–Kier alpha value is -2.78. The Bertz CT molecular complexity index is 1130. The van der Waals surface area contributed by atoms with Crippen LogP contribution in [-0.2, 0) is 16.1 Å². The van der Waals surface area contributed by atoms with E-state index >= 15 is 0 Å². The molecule has 0 amide bonds. The second-order valence-corrected chi connectivity index (χ2v) is 8.39. The average Bonchev–Trinajstić information content (AvgIpc) is 2.91. The molecule has 1 aromatic carbocycles. The predicted molar refractivity (Wildman–Crippen MR) is 89.9 cm³/mol. The highest BCUT2D eigenvalue weighted by molar-refractivity contribution is 7.94. The molecule has 12 heteroatoms. The molecule has 0 saturated heterocycles. The molecule has 3 rings (SSSR count). The third-order valence-corrected chi connectivity index (χ3v) is 6.39. The van der Waals surface area contributed by atoms with Crippen molar-refractivity contribution in [2.75, 3.05) is 7.05 Å². The normalized spacial score (nSPS) is 19.7. The maximum absolute atomic E-state index is 14.2. The fraction of sp³-hybridized carbons (Fsp3) is 0.294. The first kappa shape index (κ1) is 20.9. The van der Waals surface area contributed by atoms with E-state index in [1.807, 2.05) is 0 Å². The molecule has 1 aliphatic carbocycles. The zero-order valence-electron chi connectivity index (χ0n) is 14.6. The molecule has 2 atom stereocenters. The van der Waals surface area contributed by atoms with Crippen LogP contribution in [0.2, 0.25) is 0 Å². The molecule has 154 valence electrons. The van der Waals surface area contributed by atoms with Crippen LogP contribution in [-0.4, -0.2) is 32.8 Å². The number of nitrogens with zero attached hydrogens (tertiary/aromatic N) is 3. The van der Waals surface area contributed by atoms with Crippen molar-refractivity contribution in [3.05, 3.63) is 47.3 Å². The van der Waals surface area contributed by atoms with Gasteiger partial charge in [-0.25, -0.2) is 17.4 Å². The van der Waals surface area contributed by atoms with E-state index in [0.717, 1.165) is 6.07 Å². The van der Waals surface area contributed by atoms with E-state index in [-0.39, 0.29) is 17.1 Å². The Kier molecular flexibility index (Phi) is 5.00. The Labute approximate surface area is 161 Å². The second-order valence-electron chi connectivity index (χ2n) is 6.07. The van der Waals surface area contributed by atoms with E-state index in [1.165, 1.54) is 18.5 Å². The second kappa shape index (κ2) is 6.93. The Morgan fingerprint density at radius 2 is 2.07 bits per heavy atom. The molecule has 2 aromatic rings. The molecule has 6 nitrogen and oxygen atoms in total. The molecule has 1 heterocycles. The molecule has 1 unspecified atom stereocenters.